The minimum Gasteiger partial charge on any atom is -0.449 e. The molecule has 0 fully saturated rings. The minimum atomic E-state index is -0.820. The fourth-order valence-electron chi connectivity index (χ4n) is 1.16. The Bertz CT molecular complexity index is 287. The number of hydrogen-bond donors (Lipinski definition) is 2. The molecule has 0 spiro atoms. The molecule has 0 saturated carbocycles. The number of benzene rings is 1. The van der Waals surface area contributed by atoms with E-state index in [1.54, 1.807) is 0 Å². The minimum absolute atomic E-state index is 0.0721. The molecule has 3 N–H and O–H groups in total. The van der Waals surface area contributed by atoms with E-state index in [-0.39, 0.29) is 19.1 Å². The molecule has 0 aromatic heterocycles. The zero-order chi connectivity index (χ0) is 10.4. The van der Waals surface area contributed by atoms with Gasteiger partial charge in [-0.3, -0.25) is 0 Å². The highest BCUT2D eigenvalue weighted by atomic mass is 16.5. The van der Waals surface area contributed by atoms with Gasteiger partial charge in [0.15, 0.2) is 0 Å². The molecule has 1 amide bonds. The van der Waals surface area contributed by atoms with Gasteiger partial charge < -0.3 is 15.6 Å². The highest BCUT2D eigenvalue weighted by Gasteiger charge is 2.11. The molecular formula is C10H13NO3. The lowest BCUT2D eigenvalue weighted by Crippen LogP contribution is -2.19. The van der Waals surface area contributed by atoms with Crippen LogP contribution in [0.1, 0.15) is 11.5 Å². The molecule has 1 atom stereocenters. The molecule has 1 aromatic carbocycles. The number of aliphatic hydroxyl groups is 1. The van der Waals surface area contributed by atoms with Crippen LogP contribution in [0.5, 0.6) is 0 Å². The van der Waals surface area contributed by atoms with E-state index < -0.39 is 6.09 Å². The first-order chi connectivity index (χ1) is 6.74. The Labute approximate surface area is 82.3 Å². The second-order valence-corrected chi connectivity index (χ2v) is 2.92. The number of carbonyl (C=O) groups is 1. The molecular weight excluding hydrogens is 182 g/mol. The molecule has 0 saturated heterocycles. The van der Waals surface area contributed by atoms with Crippen molar-refractivity contribution in [1.29, 1.82) is 0 Å². The van der Waals surface area contributed by atoms with Gasteiger partial charge in [-0.05, 0) is 5.56 Å². The Morgan fingerprint density at radius 2 is 2.07 bits per heavy atom. The van der Waals surface area contributed by atoms with Crippen LogP contribution in [-0.4, -0.2) is 24.4 Å². The third kappa shape index (κ3) is 3.06. The molecule has 0 aliphatic carbocycles. The van der Waals surface area contributed by atoms with Crippen molar-refractivity contribution in [3.8, 4) is 0 Å². The maximum absolute atomic E-state index is 10.4. The van der Waals surface area contributed by atoms with Crippen molar-refractivity contribution >= 4 is 6.09 Å². The molecule has 4 nitrogen and oxygen atoms in total. The molecule has 0 heterocycles. The molecule has 0 unspecified atom stereocenters. The zero-order valence-corrected chi connectivity index (χ0v) is 7.72. The van der Waals surface area contributed by atoms with Crippen LogP contribution < -0.4 is 5.73 Å². The summed E-state index contributed by atoms with van der Waals surface area (Å²) in [6, 6.07) is 9.34. The Kier molecular flexibility index (Phi) is 3.94. The van der Waals surface area contributed by atoms with E-state index in [1.165, 1.54) is 0 Å². The van der Waals surface area contributed by atoms with E-state index >= 15 is 0 Å². The number of nitrogens with two attached hydrogens (primary N) is 1. The van der Waals surface area contributed by atoms with Crippen molar-refractivity contribution in [1.82, 2.24) is 0 Å². The van der Waals surface area contributed by atoms with Gasteiger partial charge in [0.1, 0.15) is 6.61 Å². The van der Waals surface area contributed by atoms with Crippen LogP contribution in [0.3, 0.4) is 0 Å². The molecule has 0 bridgehead atoms. The van der Waals surface area contributed by atoms with Gasteiger partial charge in [0.05, 0.1) is 6.61 Å². The van der Waals surface area contributed by atoms with E-state index in [9.17, 15) is 4.79 Å². The summed E-state index contributed by atoms with van der Waals surface area (Å²) in [6.45, 7) is 0.0349. The molecule has 4 heteroatoms. The number of ether oxygens (including phenoxy) is 1. The van der Waals surface area contributed by atoms with E-state index in [2.05, 4.69) is 4.74 Å². The largest absolute Gasteiger partial charge is 0.449 e. The van der Waals surface area contributed by atoms with Gasteiger partial charge in [-0.1, -0.05) is 30.3 Å². The van der Waals surface area contributed by atoms with Crippen molar-refractivity contribution in [2.24, 2.45) is 5.73 Å². The van der Waals surface area contributed by atoms with E-state index in [1.807, 2.05) is 30.3 Å². The van der Waals surface area contributed by atoms with Crippen molar-refractivity contribution in [2.45, 2.75) is 5.92 Å². The van der Waals surface area contributed by atoms with Crippen LogP contribution >= 0.6 is 0 Å². The average Bonchev–Trinajstić information content (AvgIpc) is 2.20. The van der Waals surface area contributed by atoms with Crippen LogP contribution in [0.25, 0.3) is 0 Å². The van der Waals surface area contributed by atoms with Crippen LogP contribution in [0.2, 0.25) is 0 Å². The third-order valence-corrected chi connectivity index (χ3v) is 1.92. The molecule has 0 aliphatic heterocycles. The van der Waals surface area contributed by atoms with Gasteiger partial charge in [0.2, 0.25) is 0 Å². The van der Waals surface area contributed by atoms with Crippen molar-refractivity contribution < 1.29 is 14.6 Å². The van der Waals surface area contributed by atoms with Crippen LogP contribution in [0, 0.1) is 0 Å². The zero-order valence-electron chi connectivity index (χ0n) is 7.72. The number of rotatable bonds is 4. The molecule has 0 radical (unpaired) electrons. The second kappa shape index (κ2) is 5.24. The Morgan fingerprint density at radius 3 is 2.57 bits per heavy atom. The molecule has 1 rings (SSSR count). The quantitative estimate of drug-likeness (QED) is 0.748. The molecule has 0 aliphatic rings. The monoisotopic (exact) mass is 195 g/mol. The summed E-state index contributed by atoms with van der Waals surface area (Å²) < 4.78 is 4.63. The fraction of sp³-hybridized carbons (Fsp3) is 0.300. The summed E-state index contributed by atoms with van der Waals surface area (Å²) in [6.07, 6.45) is -0.820. The maximum atomic E-state index is 10.4. The lowest BCUT2D eigenvalue weighted by Gasteiger charge is -2.13. The van der Waals surface area contributed by atoms with E-state index in [0.29, 0.717) is 0 Å². The van der Waals surface area contributed by atoms with Crippen molar-refractivity contribution in [2.75, 3.05) is 13.2 Å². The summed E-state index contributed by atoms with van der Waals surface area (Å²) in [5, 5.41) is 9.06. The standard InChI is InChI=1S/C10H13NO3/c11-10(13)14-7-9(6-12)8-4-2-1-3-5-8/h1-5,9,12H,6-7H2,(H2,11,13)/t9-/m1/s1. The lowest BCUT2D eigenvalue weighted by atomic mass is 10.0. The summed E-state index contributed by atoms with van der Waals surface area (Å²) in [7, 11) is 0. The van der Waals surface area contributed by atoms with Crippen LogP contribution in [0.4, 0.5) is 4.79 Å². The first kappa shape index (κ1) is 10.5. The summed E-state index contributed by atoms with van der Waals surface area (Å²) in [4.78, 5) is 10.4. The molecule has 1 aromatic rings. The predicted octanol–water partition coefficient (Wildman–Crippen LogP) is 0.858. The number of aliphatic hydroxyl groups excluding tert-OH is 1. The van der Waals surface area contributed by atoms with Crippen molar-refractivity contribution in [3.63, 3.8) is 0 Å². The van der Waals surface area contributed by atoms with Crippen LogP contribution in [0.15, 0.2) is 30.3 Å². The van der Waals surface area contributed by atoms with Crippen LogP contribution in [-0.2, 0) is 4.74 Å². The first-order valence-electron chi connectivity index (χ1n) is 4.32. The lowest BCUT2D eigenvalue weighted by molar-refractivity contribution is 0.133. The number of amides is 1. The van der Waals surface area contributed by atoms with Gasteiger partial charge in [-0.2, -0.15) is 0 Å². The Hall–Kier alpha value is -1.55. The highest BCUT2D eigenvalue weighted by Crippen LogP contribution is 2.14. The van der Waals surface area contributed by atoms with Gasteiger partial charge in [-0.15, -0.1) is 0 Å². The van der Waals surface area contributed by atoms with E-state index in [4.69, 9.17) is 10.8 Å². The Morgan fingerprint density at radius 1 is 1.43 bits per heavy atom. The summed E-state index contributed by atoms with van der Waals surface area (Å²) >= 11 is 0. The normalized spacial score (nSPS) is 12.1. The maximum Gasteiger partial charge on any atom is 0.404 e. The fourth-order valence-corrected chi connectivity index (χ4v) is 1.16. The van der Waals surface area contributed by atoms with Gasteiger partial charge in [0.25, 0.3) is 0 Å². The second-order valence-electron chi connectivity index (χ2n) is 2.92. The summed E-state index contributed by atoms with van der Waals surface area (Å²) in [5.74, 6) is -0.205. The molecule has 14 heavy (non-hydrogen) atoms. The van der Waals surface area contributed by atoms with Gasteiger partial charge >= 0.3 is 6.09 Å². The number of carbonyl (C=O) groups excluding carboxylic acids is 1. The SMILES string of the molecule is NC(=O)OC[C@@H](CO)c1ccccc1. The number of primary amides is 1. The first-order valence-corrected chi connectivity index (χ1v) is 4.32. The molecule has 76 valence electrons. The topological polar surface area (TPSA) is 72.6 Å². The Balaban J connectivity index is 2.58. The highest BCUT2D eigenvalue weighted by molar-refractivity contribution is 5.64. The van der Waals surface area contributed by atoms with Gasteiger partial charge in [-0.25, -0.2) is 4.79 Å². The average molecular weight is 195 g/mol. The van der Waals surface area contributed by atoms with Crippen molar-refractivity contribution in [3.05, 3.63) is 35.9 Å². The number of hydrogen-bond acceptors (Lipinski definition) is 3. The third-order valence-electron chi connectivity index (χ3n) is 1.92. The predicted molar refractivity (Wildman–Crippen MR) is 51.8 cm³/mol. The summed E-state index contributed by atoms with van der Waals surface area (Å²) in [5.41, 5.74) is 5.76. The van der Waals surface area contributed by atoms with Gasteiger partial charge in [0, 0.05) is 5.92 Å². The smallest absolute Gasteiger partial charge is 0.404 e. The van der Waals surface area contributed by atoms with E-state index in [0.717, 1.165) is 5.56 Å².